The lowest BCUT2D eigenvalue weighted by molar-refractivity contribution is 0.280. The van der Waals surface area contributed by atoms with Crippen LogP contribution in [0.5, 0.6) is 11.5 Å². The smallest absolute Gasteiger partial charge is 0.216 e. The van der Waals surface area contributed by atoms with E-state index >= 15 is 0 Å². The summed E-state index contributed by atoms with van der Waals surface area (Å²) in [5.74, 6) is 1.23. The summed E-state index contributed by atoms with van der Waals surface area (Å²) in [4.78, 5) is 4.03. The lowest BCUT2D eigenvalue weighted by Crippen LogP contribution is -2.00. The molecule has 0 atom stereocenters. The van der Waals surface area contributed by atoms with Gasteiger partial charge in [0.1, 0.15) is 11.5 Å². The molecule has 2 aromatic heterocycles. The van der Waals surface area contributed by atoms with Gasteiger partial charge < -0.3 is 14.9 Å². The van der Waals surface area contributed by atoms with Gasteiger partial charge in [-0.25, -0.2) is 5.10 Å². The molecule has 0 fully saturated rings. The van der Waals surface area contributed by atoms with Gasteiger partial charge in [0, 0.05) is 22.9 Å². The molecule has 1 aromatic carbocycles. The van der Waals surface area contributed by atoms with Crippen molar-refractivity contribution in [1.29, 1.82) is 0 Å². The van der Waals surface area contributed by atoms with E-state index in [0.29, 0.717) is 34.0 Å². The Labute approximate surface area is 160 Å². The fourth-order valence-corrected chi connectivity index (χ4v) is 2.67. The van der Waals surface area contributed by atoms with E-state index in [1.165, 1.54) is 17.1 Å². The van der Waals surface area contributed by atoms with Gasteiger partial charge in [-0.2, -0.15) is 14.9 Å². The van der Waals surface area contributed by atoms with E-state index in [1.54, 1.807) is 6.92 Å². The van der Waals surface area contributed by atoms with E-state index in [4.69, 9.17) is 17.0 Å². The molecule has 3 aromatic rings. The van der Waals surface area contributed by atoms with Crippen LogP contribution < -0.4 is 4.74 Å². The molecule has 0 aliphatic rings. The first-order valence-electron chi connectivity index (χ1n) is 8.28. The molecule has 0 radical (unpaired) electrons. The SMILES string of the molecule is CCOc1ccc(-c2n[nH]c(=S)n2/N=C/c2c(CO)cnc(C)c2O)cc1. The average Bonchev–Trinajstić information content (AvgIpc) is 3.04. The summed E-state index contributed by atoms with van der Waals surface area (Å²) in [6.07, 6.45) is 2.93. The first-order valence-corrected chi connectivity index (χ1v) is 8.69. The second-order valence-corrected chi connectivity index (χ2v) is 6.04. The molecule has 0 aliphatic carbocycles. The van der Waals surface area contributed by atoms with Gasteiger partial charge in [0.2, 0.25) is 4.77 Å². The van der Waals surface area contributed by atoms with Gasteiger partial charge in [0.25, 0.3) is 0 Å². The Kier molecular flexibility index (Phi) is 5.63. The van der Waals surface area contributed by atoms with Crippen LogP contribution in [0.15, 0.2) is 35.6 Å². The third kappa shape index (κ3) is 3.88. The third-order valence-corrected chi connectivity index (χ3v) is 4.17. The number of aliphatic hydroxyl groups excluding tert-OH is 1. The van der Waals surface area contributed by atoms with Crippen molar-refractivity contribution in [3.8, 4) is 22.9 Å². The molecular weight excluding hydrogens is 366 g/mol. The Morgan fingerprint density at radius 2 is 2.07 bits per heavy atom. The Morgan fingerprint density at radius 3 is 2.74 bits per heavy atom. The minimum absolute atomic E-state index is 0.0390. The summed E-state index contributed by atoms with van der Waals surface area (Å²) in [5.41, 5.74) is 2.07. The van der Waals surface area contributed by atoms with Crippen molar-refractivity contribution in [1.82, 2.24) is 19.9 Å². The lowest BCUT2D eigenvalue weighted by Gasteiger charge is -2.07. The Bertz CT molecular complexity index is 1020. The highest BCUT2D eigenvalue weighted by molar-refractivity contribution is 7.71. The Balaban J connectivity index is 2.00. The standard InChI is InChI=1S/C18H19N5O3S/c1-3-26-14-6-4-12(5-7-14)17-21-22-18(27)23(17)20-9-15-13(10-24)8-19-11(2)16(15)25/h4-9,24-25H,3,10H2,1-2H3,(H,22,27)/b20-9+. The van der Waals surface area contributed by atoms with Crippen LogP contribution in [0, 0.1) is 11.7 Å². The van der Waals surface area contributed by atoms with Gasteiger partial charge >= 0.3 is 0 Å². The quantitative estimate of drug-likeness (QED) is 0.445. The fraction of sp³-hybridized carbons (Fsp3) is 0.222. The molecular formula is C18H19N5O3S. The number of H-pyrrole nitrogens is 1. The van der Waals surface area contributed by atoms with E-state index < -0.39 is 0 Å². The molecule has 2 heterocycles. The van der Waals surface area contributed by atoms with Crippen molar-refractivity contribution in [2.24, 2.45) is 5.10 Å². The third-order valence-electron chi connectivity index (χ3n) is 3.90. The highest BCUT2D eigenvalue weighted by atomic mass is 32.1. The van der Waals surface area contributed by atoms with Crippen molar-refractivity contribution in [3.05, 3.63) is 52.1 Å². The summed E-state index contributed by atoms with van der Waals surface area (Å²) in [7, 11) is 0. The molecule has 140 valence electrons. The van der Waals surface area contributed by atoms with Crippen LogP contribution in [0.4, 0.5) is 0 Å². The van der Waals surface area contributed by atoms with Gasteiger partial charge in [0.15, 0.2) is 5.82 Å². The zero-order valence-corrected chi connectivity index (χ0v) is 15.7. The van der Waals surface area contributed by atoms with E-state index in [2.05, 4.69) is 20.3 Å². The van der Waals surface area contributed by atoms with Crippen LogP contribution in [0.1, 0.15) is 23.7 Å². The van der Waals surface area contributed by atoms with Crippen molar-refractivity contribution in [2.75, 3.05) is 6.61 Å². The number of hydrogen-bond acceptors (Lipinski definition) is 7. The van der Waals surface area contributed by atoms with E-state index in [0.717, 1.165) is 11.3 Å². The molecule has 0 saturated carbocycles. The molecule has 8 nitrogen and oxygen atoms in total. The van der Waals surface area contributed by atoms with E-state index in [9.17, 15) is 10.2 Å². The number of benzene rings is 1. The Hall–Kier alpha value is -3.04. The molecule has 0 aliphatic heterocycles. The number of ether oxygens (including phenoxy) is 1. The first kappa shape index (κ1) is 18.7. The molecule has 0 spiro atoms. The second-order valence-electron chi connectivity index (χ2n) is 5.66. The summed E-state index contributed by atoms with van der Waals surface area (Å²) in [5, 5.41) is 31.0. The molecule has 0 bridgehead atoms. The van der Waals surface area contributed by atoms with Crippen LogP contribution in [-0.4, -0.2) is 42.9 Å². The first-order chi connectivity index (χ1) is 13.0. The van der Waals surface area contributed by atoms with Crippen molar-refractivity contribution >= 4 is 18.4 Å². The van der Waals surface area contributed by atoms with Crippen LogP contribution in [0.2, 0.25) is 0 Å². The molecule has 27 heavy (non-hydrogen) atoms. The zero-order chi connectivity index (χ0) is 19.4. The predicted octanol–water partition coefficient (Wildman–Crippen LogP) is 2.79. The van der Waals surface area contributed by atoms with Crippen molar-refractivity contribution in [3.63, 3.8) is 0 Å². The van der Waals surface area contributed by atoms with E-state index in [-0.39, 0.29) is 12.4 Å². The van der Waals surface area contributed by atoms with Gasteiger partial charge in [-0.05, 0) is 50.3 Å². The molecule has 3 N–H and O–H groups in total. The number of hydrogen-bond donors (Lipinski definition) is 3. The normalized spacial score (nSPS) is 11.2. The number of pyridine rings is 1. The number of aromatic amines is 1. The summed E-state index contributed by atoms with van der Waals surface area (Å²) in [6, 6.07) is 7.39. The predicted molar refractivity (Wildman–Crippen MR) is 104 cm³/mol. The highest BCUT2D eigenvalue weighted by Crippen LogP contribution is 2.23. The zero-order valence-electron chi connectivity index (χ0n) is 14.9. The molecule has 0 amide bonds. The molecule has 3 rings (SSSR count). The monoisotopic (exact) mass is 385 g/mol. The van der Waals surface area contributed by atoms with Crippen LogP contribution in [-0.2, 0) is 6.61 Å². The summed E-state index contributed by atoms with van der Waals surface area (Å²) >= 11 is 5.26. The van der Waals surface area contributed by atoms with Gasteiger partial charge in [0.05, 0.1) is 25.1 Å². The molecule has 9 heteroatoms. The number of aryl methyl sites for hydroxylation is 1. The largest absolute Gasteiger partial charge is 0.505 e. The summed E-state index contributed by atoms with van der Waals surface area (Å²) < 4.78 is 7.19. The summed E-state index contributed by atoms with van der Waals surface area (Å²) in [6.45, 7) is 3.91. The second kappa shape index (κ2) is 8.11. The number of nitrogens with one attached hydrogen (secondary N) is 1. The van der Waals surface area contributed by atoms with Gasteiger partial charge in [-0.3, -0.25) is 4.98 Å². The number of aromatic hydroxyl groups is 1. The van der Waals surface area contributed by atoms with Crippen LogP contribution in [0.3, 0.4) is 0 Å². The number of nitrogens with zero attached hydrogens (tertiary/aromatic N) is 4. The fourth-order valence-electron chi connectivity index (χ4n) is 2.49. The minimum atomic E-state index is -0.273. The van der Waals surface area contributed by atoms with Gasteiger partial charge in [-0.15, -0.1) is 0 Å². The highest BCUT2D eigenvalue weighted by Gasteiger charge is 2.12. The molecule has 0 unspecified atom stereocenters. The Morgan fingerprint density at radius 1 is 1.33 bits per heavy atom. The van der Waals surface area contributed by atoms with E-state index in [1.807, 2.05) is 31.2 Å². The number of rotatable bonds is 6. The molecule has 0 saturated heterocycles. The minimum Gasteiger partial charge on any atom is -0.505 e. The van der Waals surface area contributed by atoms with Crippen molar-refractivity contribution in [2.45, 2.75) is 20.5 Å². The maximum absolute atomic E-state index is 10.2. The maximum atomic E-state index is 10.2. The topological polar surface area (TPSA) is 109 Å². The van der Waals surface area contributed by atoms with Crippen LogP contribution >= 0.6 is 12.2 Å². The van der Waals surface area contributed by atoms with Crippen molar-refractivity contribution < 1.29 is 14.9 Å². The van der Waals surface area contributed by atoms with Gasteiger partial charge in [-0.1, -0.05) is 0 Å². The average molecular weight is 385 g/mol. The maximum Gasteiger partial charge on any atom is 0.216 e. The van der Waals surface area contributed by atoms with Crippen LogP contribution in [0.25, 0.3) is 11.4 Å². The number of aliphatic hydroxyl groups is 1. The number of aromatic nitrogens is 4. The lowest BCUT2D eigenvalue weighted by atomic mass is 10.1.